The predicted molar refractivity (Wildman–Crippen MR) is 129 cm³/mol. The van der Waals surface area contributed by atoms with Crippen molar-refractivity contribution in [2.45, 2.75) is 12.4 Å². The Morgan fingerprint density at radius 2 is 1.70 bits per heavy atom. The Morgan fingerprint density at radius 1 is 0.970 bits per heavy atom. The molecule has 0 spiro atoms. The van der Waals surface area contributed by atoms with Crippen LogP contribution < -0.4 is 19.5 Å². The van der Waals surface area contributed by atoms with Crippen molar-refractivity contribution in [1.82, 2.24) is 4.72 Å². The number of carbonyl (C=O) groups is 1. The van der Waals surface area contributed by atoms with Gasteiger partial charge in [0.05, 0.1) is 12.9 Å². The van der Waals surface area contributed by atoms with Crippen LogP contribution in [0.1, 0.15) is 21.5 Å². The number of rotatable bonds is 11. The summed E-state index contributed by atoms with van der Waals surface area (Å²) in [6, 6.07) is 21.3. The van der Waals surface area contributed by atoms with Gasteiger partial charge in [0, 0.05) is 17.8 Å². The van der Waals surface area contributed by atoms with E-state index in [4.69, 9.17) is 9.47 Å². The van der Waals surface area contributed by atoms with Crippen molar-refractivity contribution in [3.63, 3.8) is 0 Å². The van der Waals surface area contributed by atoms with Crippen LogP contribution in [0.3, 0.4) is 0 Å². The molecule has 33 heavy (non-hydrogen) atoms. The first kappa shape index (κ1) is 24.0. The zero-order valence-corrected chi connectivity index (χ0v) is 19.1. The van der Waals surface area contributed by atoms with Crippen LogP contribution in [0, 0.1) is 0 Å². The monoisotopic (exact) mass is 466 g/mol. The number of ether oxygens (including phenoxy) is 2. The van der Waals surface area contributed by atoms with Crippen LogP contribution in [0.25, 0.3) is 0 Å². The van der Waals surface area contributed by atoms with Gasteiger partial charge in [-0.2, -0.15) is 0 Å². The van der Waals surface area contributed by atoms with Crippen LogP contribution in [-0.4, -0.2) is 28.0 Å². The lowest BCUT2D eigenvalue weighted by Crippen LogP contribution is -2.25. The van der Waals surface area contributed by atoms with Gasteiger partial charge in [-0.1, -0.05) is 48.5 Å². The van der Waals surface area contributed by atoms with Crippen molar-refractivity contribution in [1.29, 1.82) is 0 Å². The highest BCUT2D eigenvalue weighted by Crippen LogP contribution is 2.29. The summed E-state index contributed by atoms with van der Waals surface area (Å²) in [5, 5.41) is 2.80. The second-order valence-corrected chi connectivity index (χ2v) is 8.99. The van der Waals surface area contributed by atoms with Crippen LogP contribution in [0.2, 0.25) is 0 Å². The van der Waals surface area contributed by atoms with Crippen LogP contribution >= 0.6 is 0 Å². The third-order valence-corrected chi connectivity index (χ3v) is 6.00. The molecule has 0 unspecified atom stereocenters. The highest BCUT2D eigenvalue weighted by Gasteiger charge is 2.13. The number of sulfonamides is 1. The van der Waals surface area contributed by atoms with E-state index in [-0.39, 0.29) is 18.2 Å². The molecular weight excluding hydrogens is 440 g/mol. The summed E-state index contributed by atoms with van der Waals surface area (Å²) in [6.07, 6.45) is 1.48. The second kappa shape index (κ2) is 11.3. The fraction of sp³-hybridized carbons (Fsp3) is 0.160. The van der Waals surface area contributed by atoms with Crippen molar-refractivity contribution >= 4 is 21.6 Å². The third-order valence-electron chi connectivity index (χ3n) is 4.68. The molecule has 0 radical (unpaired) electrons. The number of benzene rings is 3. The predicted octanol–water partition coefficient (Wildman–Crippen LogP) is 4.13. The number of anilines is 1. The second-order valence-electron chi connectivity index (χ2n) is 7.19. The van der Waals surface area contributed by atoms with E-state index in [9.17, 15) is 13.2 Å². The maximum atomic E-state index is 12.7. The number of hydrogen-bond acceptors (Lipinski definition) is 5. The van der Waals surface area contributed by atoms with Crippen molar-refractivity contribution in [3.05, 3.63) is 102 Å². The third kappa shape index (κ3) is 7.20. The lowest BCUT2D eigenvalue weighted by Gasteiger charge is -2.13. The van der Waals surface area contributed by atoms with E-state index >= 15 is 0 Å². The van der Waals surface area contributed by atoms with E-state index in [0.717, 1.165) is 5.56 Å². The zero-order chi connectivity index (χ0) is 23.7. The first-order chi connectivity index (χ1) is 15.9. The van der Waals surface area contributed by atoms with Crippen molar-refractivity contribution < 1.29 is 22.7 Å². The summed E-state index contributed by atoms with van der Waals surface area (Å²) >= 11 is 0. The molecule has 0 aliphatic rings. The van der Waals surface area contributed by atoms with Gasteiger partial charge in [-0.05, 0) is 41.5 Å². The Kier molecular flexibility index (Phi) is 8.23. The molecule has 7 nitrogen and oxygen atoms in total. The molecule has 0 aliphatic heterocycles. The van der Waals surface area contributed by atoms with E-state index in [1.165, 1.54) is 13.2 Å². The molecule has 172 valence electrons. The Hall–Kier alpha value is -3.62. The molecule has 0 bridgehead atoms. The summed E-state index contributed by atoms with van der Waals surface area (Å²) in [4.78, 5) is 12.7. The Bertz CT molecular complexity index is 1190. The minimum absolute atomic E-state index is 0.156. The van der Waals surface area contributed by atoms with Crippen LogP contribution in [0.15, 0.2) is 85.5 Å². The van der Waals surface area contributed by atoms with E-state index in [2.05, 4.69) is 16.6 Å². The summed E-state index contributed by atoms with van der Waals surface area (Å²) in [5.41, 5.74) is 2.57. The molecular formula is C25H26N2O5S. The van der Waals surface area contributed by atoms with E-state index < -0.39 is 10.0 Å². The standard InChI is InChI=1S/C25H26N2O5S/c1-3-15-26-33(29,30)18-20-9-12-22(13-10-20)27-25(28)21-11-14-23(24(16-21)31-2)32-17-19-7-5-4-6-8-19/h3-14,16,26H,1,15,17-18H2,2H3,(H,27,28). The molecule has 0 aliphatic carbocycles. The van der Waals surface area contributed by atoms with Gasteiger partial charge >= 0.3 is 0 Å². The molecule has 0 heterocycles. The summed E-state index contributed by atoms with van der Waals surface area (Å²) < 4.78 is 37.6. The Morgan fingerprint density at radius 3 is 2.36 bits per heavy atom. The first-order valence-electron chi connectivity index (χ1n) is 10.2. The van der Waals surface area contributed by atoms with E-state index in [1.54, 1.807) is 42.5 Å². The number of hydrogen-bond donors (Lipinski definition) is 2. The lowest BCUT2D eigenvalue weighted by molar-refractivity contribution is 0.102. The van der Waals surface area contributed by atoms with E-state index in [0.29, 0.717) is 34.9 Å². The summed E-state index contributed by atoms with van der Waals surface area (Å²) in [7, 11) is -1.93. The van der Waals surface area contributed by atoms with Gasteiger partial charge in [-0.3, -0.25) is 4.79 Å². The highest BCUT2D eigenvalue weighted by atomic mass is 32.2. The van der Waals surface area contributed by atoms with Crippen LogP contribution in [0.5, 0.6) is 11.5 Å². The van der Waals surface area contributed by atoms with Crippen molar-refractivity contribution in [2.75, 3.05) is 19.0 Å². The molecule has 3 aromatic rings. The maximum Gasteiger partial charge on any atom is 0.255 e. The van der Waals surface area contributed by atoms with Gasteiger partial charge < -0.3 is 14.8 Å². The molecule has 0 atom stereocenters. The number of nitrogens with one attached hydrogen (secondary N) is 2. The highest BCUT2D eigenvalue weighted by molar-refractivity contribution is 7.88. The fourth-order valence-corrected chi connectivity index (χ4v) is 4.11. The minimum atomic E-state index is -3.44. The molecule has 0 aromatic heterocycles. The van der Waals surface area contributed by atoms with Gasteiger partial charge in [0.15, 0.2) is 11.5 Å². The van der Waals surface area contributed by atoms with Gasteiger partial charge in [0.2, 0.25) is 10.0 Å². The maximum absolute atomic E-state index is 12.7. The Balaban J connectivity index is 1.63. The number of amides is 1. The van der Waals surface area contributed by atoms with Crippen molar-refractivity contribution in [3.8, 4) is 11.5 Å². The summed E-state index contributed by atoms with van der Waals surface area (Å²) in [6.45, 7) is 4.05. The van der Waals surface area contributed by atoms with Crippen LogP contribution in [-0.2, 0) is 22.4 Å². The van der Waals surface area contributed by atoms with Gasteiger partial charge in [0.1, 0.15) is 6.61 Å². The normalized spacial score (nSPS) is 10.9. The molecule has 3 rings (SSSR count). The minimum Gasteiger partial charge on any atom is -0.493 e. The molecule has 0 saturated carbocycles. The molecule has 3 aromatic carbocycles. The quantitative estimate of drug-likeness (QED) is 0.415. The van der Waals surface area contributed by atoms with Gasteiger partial charge in [0.25, 0.3) is 5.91 Å². The molecule has 8 heteroatoms. The zero-order valence-electron chi connectivity index (χ0n) is 18.3. The van der Waals surface area contributed by atoms with Gasteiger partial charge in [-0.25, -0.2) is 13.1 Å². The first-order valence-corrected chi connectivity index (χ1v) is 11.9. The van der Waals surface area contributed by atoms with Crippen LogP contribution in [0.4, 0.5) is 5.69 Å². The number of carbonyl (C=O) groups excluding carboxylic acids is 1. The Labute approximate surface area is 194 Å². The van der Waals surface area contributed by atoms with Gasteiger partial charge in [-0.15, -0.1) is 6.58 Å². The van der Waals surface area contributed by atoms with E-state index in [1.807, 2.05) is 30.3 Å². The SMILES string of the molecule is C=CCNS(=O)(=O)Cc1ccc(NC(=O)c2ccc(OCc3ccccc3)c(OC)c2)cc1. The molecule has 1 amide bonds. The topological polar surface area (TPSA) is 93.7 Å². The average Bonchev–Trinajstić information content (AvgIpc) is 2.83. The number of methoxy groups -OCH3 is 1. The smallest absolute Gasteiger partial charge is 0.255 e. The molecule has 0 fully saturated rings. The summed E-state index contributed by atoms with van der Waals surface area (Å²) in [5.74, 6) is 0.507. The fourth-order valence-electron chi connectivity index (χ4n) is 3.01. The molecule has 0 saturated heterocycles. The molecule has 2 N–H and O–H groups in total. The largest absolute Gasteiger partial charge is 0.493 e. The average molecular weight is 467 g/mol. The lowest BCUT2D eigenvalue weighted by atomic mass is 10.1. The van der Waals surface area contributed by atoms with Crippen molar-refractivity contribution in [2.24, 2.45) is 0 Å².